The zero-order valence-electron chi connectivity index (χ0n) is 12.4. The SMILES string of the molecule is COCC(=O)NC1CCN(C(=O)C2(C)CCNC2)CC1. The maximum absolute atomic E-state index is 12.5. The van der Waals surface area contributed by atoms with Gasteiger partial charge in [0, 0.05) is 32.8 Å². The van der Waals surface area contributed by atoms with Gasteiger partial charge in [0.05, 0.1) is 5.41 Å². The van der Waals surface area contributed by atoms with Gasteiger partial charge in [-0.1, -0.05) is 0 Å². The summed E-state index contributed by atoms with van der Waals surface area (Å²) >= 11 is 0. The molecule has 2 aliphatic heterocycles. The molecule has 114 valence electrons. The van der Waals surface area contributed by atoms with Crippen LogP contribution in [0, 0.1) is 5.41 Å². The van der Waals surface area contributed by atoms with Crippen LogP contribution in [-0.4, -0.2) is 62.7 Å². The molecular weight excluding hydrogens is 258 g/mol. The van der Waals surface area contributed by atoms with Crippen molar-refractivity contribution in [3.05, 3.63) is 0 Å². The molecule has 0 aromatic heterocycles. The minimum atomic E-state index is -0.244. The minimum Gasteiger partial charge on any atom is -0.375 e. The summed E-state index contributed by atoms with van der Waals surface area (Å²) in [5, 5.41) is 6.21. The van der Waals surface area contributed by atoms with Crippen molar-refractivity contribution < 1.29 is 14.3 Å². The highest BCUT2D eigenvalue weighted by Crippen LogP contribution is 2.28. The van der Waals surface area contributed by atoms with Crippen molar-refractivity contribution in [3.63, 3.8) is 0 Å². The molecule has 0 bridgehead atoms. The molecule has 2 N–H and O–H groups in total. The number of ether oxygens (including phenoxy) is 1. The molecule has 1 unspecified atom stereocenters. The predicted octanol–water partition coefficient (Wildman–Crippen LogP) is -0.260. The van der Waals surface area contributed by atoms with Crippen LogP contribution < -0.4 is 10.6 Å². The van der Waals surface area contributed by atoms with Crippen LogP contribution in [0.15, 0.2) is 0 Å². The fourth-order valence-corrected chi connectivity index (χ4v) is 3.01. The normalized spacial score (nSPS) is 27.6. The smallest absolute Gasteiger partial charge is 0.246 e. The first-order chi connectivity index (χ1) is 9.55. The van der Waals surface area contributed by atoms with E-state index in [1.165, 1.54) is 7.11 Å². The van der Waals surface area contributed by atoms with Crippen LogP contribution in [0.5, 0.6) is 0 Å². The highest BCUT2D eigenvalue weighted by molar-refractivity contribution is 5.83. The third-order valence-electron chi connectivity index (χ3n) is 4.31. The Morgan fingerprint density at radius 3 is 2.65 bits per heavy atom. The molecule has 2 saturated heterocycles. The molecule has 20 heavy (non-hydrogen) atoms. The van der Waals surface area contributed by atoms with E-state index in [1.807, 2.05) is 11.8 Å². The van der Waals surface area contributed by atoms with Gasteiger partial charge in [-0.25, -0.2) is 0 Å². The van der Waals surface area contributed by atoms with Crippen molar-refractivity contribution in [2.75, 3.05) is 39.9 Å². The molecule has 0 radical (unpaired) electrons. The molecular formula is C14H25N3O3. The maximum Gasteiger partial charge on any atom is 0.246 e. The largest absolute Gasteiger partial charge is 0.375 e. The summed E-state index contributed by atoms with van der Waals surface area (Å²) in [6.45, 7) is 5.30. The number of methoxy groups -OCH3 is 1. The van der Waals surface area contributed by atoms with Gasteiger partial charge in [-0.05, 0) is 32.7 Å². The lowest BCUT2D eigenvalue weighted by molar-refractivity contribution is -0.141. The van der Waals surface area contributed by atoms with Gasteiger partial charge in [0.2, 0.25) is 11.8 Å². The lowest BCUT2D eigenvalue weighted by atomic mass is 9.87. The first-order valence-electron chi connectivity index (χ1n) is 7.33. The molecule has 2 heterocycles. The van der Waals surface area contributed by atoms with Crippen LogP contribution in [-0.2, 0) is 14.3 Å². The number of nitrogens with one attached hydrogen (secondary N) is 2. The van der Waals surface area contributed by atoms with E-state index >= 15 is 0 Å². The molecule has 6 heteroatoms. The molecule has 2 amide bonds. The van der Waals surface area contributed by atoms with Gasteiger partial charge in [0.15, 0.2) is 0 Å². The van der Waals surface area contributed by atoms with Gasteiger partial charge in [-0.3, -0.25) is 9.59 Å². The number of hydrogen-bond donors (Lipinski definition) is 2. The standard InChI is InChI=1S/C14H25N3O3/c1-14(5-6-15-10-14)13(19)17-7-3-11(4-8-17)16-12(18)9-20-2/h11,15H,3-10H2,1-2H3,(H,16,18). The molecule has 0 aromatic carbocycles. The van der Waals surface area contributed by atoms with Crippen LogP contribution in [0.4, 0.5) is 0 Å². The fourth-order valence-electron chi connectivity index (χ4n) is 3.01. The van der Waals surface area contributed by atoms with Crippen molar-refractivity contribution in [2.24, 2.45) is 5.41 Å². The number of likely N-dealkylation sites (tertiary alicyclic amines) is 1. The van der Waals surface area contributed by atoms with E-state index in [-0.39, 0.29) is 29.9 Å². The van der Waals surface area contributed by atoms with E-state index in [9.17, 15) is 9.59 Å². The summed E-state index contributed by atoms with van der Waals surface area (Å²) in [6.07, 6.45) is 2.56. The second-order valence-electron chi connectivity index (χ2n) is 6.05. The van der Waals surface area contributed by atoms with E-state index in [0.29, 0.717) is 0 Å². The van der Waals surface area contributed by atoms with Crippen LogP contribution in [0.2, 0.25) is 0 Å². The Labute approximate surface area is 120 Å². The summed E-state index contributed by atoms with van der Waals surface area (Å²) in [4.78, 5) is 25.9. The van der Waals surface area contributed by atoms with Crippen LogP contribution in [0.25, 0.3) is 0 Å². The molecule has 0 saturated carbocycles. The Hall–Kier alpha value is -1.14. The molecule has 2 fully saturated rings. The van der Waals surface area contributed by atoms with Crippen molar-refractivity contribution >= 4 is 11.8 Å². The first-order valence-corrected chi connectivity index (χ1v) is 7.33. The summed E-state index contributed by atoms with van der Waals surface area (Å²) in [5.74, 6) is 0.174. The Bertz CT molecular complexity index is 359. The quantitative estimate of drug-likeness (QED) is 0.746. The number of rotatable bonds is 4. The second kappa shape index (κ2) is 6.54. The van der Waals surface area contributed by atoms with Gasteiger partial charge >= 0.3 is 0 Å². The number of amides is 2. The van der Waals surface area contributed by atoms with Crippen LogP contribution in [0.3, 0.4) is 0 Å². The molecule has 0 aromatic rings. The Balaban J connectivity index is 1.79. The number of piperidine rings is 1. The maximum atomic E-state index is 12.5. The molecule has 0 aliphatic carbocycles. The summed E-state index contributed by atoms with van der Waals surface area (Å²) in [5.41, 5.74) is -0.244. The minimum absolute atomic E-state index is 0.0794. The van der Waals surface area contributed by atoms with E-state index in [1.54, 1.807) is 0 Å². The Morgan fingerprint density at radius 2 is 2.10 bits per heavy atom. The average molecular weight is 283 g/mol. The number of nitrogens with zero attached hydrogens (tertiary/aromatic N) is 1. The Kier molecular flexibility index (Phi) is 4.99. The lowest BCUT2D eigenvalue weighted by Crippen LogP contribution is -2.51. The van der Waals surface area contributed by atoms with E-state index in [4.69, 9.17) is 4.74 Å². The summed E-state index contributed by atoms with van der Waals surface area (Å²) < 4.78 is 4.80. The van der Waals surface area contributed by atoms with Gasteiger partial charge in [0.1, 0.15) is 6.61 Å². The van der Waals surface area contributed by atoms with E-state index < -0.39 is 0 Å². The topological polar surface area (TPSA) is 70.7 Å². The van der Waals surface area contributed by atoms with Crippen molar-refractivity contribution in [3.8, 4) is 0 Å². The number of carbonyl (C=O) groups is 2. The van der Waals surface area contributed by atoms with E-state index in [0.717, 1.165) is 45.4 Å². The van der Waals surface area contributed by atoms with Crippen LogP contribution >= 0.6 is 0 Å². The predicted molar refractivity (Wildman–Crippen MR) is 75.2 cm³/mol. The monoisotopic (exact) mass is 283 g/mol. The lowest BCUT2D eigenvalue weighted by Gasteiger charge is -2.36. The molecule has 2 rings (SSSR count). The van der Waals surface area contributed by atoms with Crippen LogP contribution in [0.1, 0.15) is 26.2 Å². The summed E-state index contributed by atoms with van der Waals surface area (Å²) in [6, 6.07) is 0.163. The van der Waals surface area contributed by atoms with Gasteiger partial charge < -0.3 is 20.3 Å². The highest BCUT2D eigenvalue weighted by atomic mass is 16.5. The van der Waals surface area contributed by atoms with E-state index in [2.05, 4.69) is 10.6 Å². The van der Waals surface area contributed by atoms with Gasteiger partial charge in [0.25, 0.3) is 0 Å². The average Bonchev–Trinajstić information content (AvgIpc) is 2.87. The third-order valence-corrected chi connectivity index (χ3v) is 4.31. The number of carbonyl (C=O) groups excluding carboxylic acids is 2. The molecule has 0 spiro atoms. The van der Waals surface area contributed by atoms with Gasteiger partial charge in [-0.15, -0.1) is 0 Å². The van der Waals surface area contributed by atoms with Crippen molar-refractivity contribution in [1.29, 1.82) is 0 Å². The summed E-state index contributed by atoms with van der Waals surface area (Å²) in [7, 11) is 1.51. The Morgan fingerprint density at radius 1 is 1.40 bits per heavy atom. The first kappa shape index (κ1) is 15.3. The second-order valence-corrected chi connectivity index (χ2v) is 6.05. The molecule has 1 atom stereocenters. The fraction of sp³-hybridized carbons (Fsp3) is 0.857. The third kappa shape index (κ3) is 3.49. The molecule has 2 aliphatic rings. The zero-order chi connectivity index (χ0) is 14.6. The van der Waals surface area contributed by atoms with Crippen molar-refractivity contribution in [2.45, 2.75) is 32.2 Å². The van der Waals surface area contributed by atoms with Crippen molar-refractivity contribution in [1.82, 2.24) is 15.5 Å². The zero-order valence-corrected chi connectivity index (χ0v) is 12.4. The van der Waals surface area contributed by atoms with Gasteiger partial charge in [-0.2, -0.15) is 0 Å². The number of hydrogen-bond acceptors (Lipinski definition) is 4. The molecule has 6 nitrogen and oxygen atoms in total. The highest BCUT2D eigenvalue weighted by Gasteiger charge is 2.40.